The topological polar surface area (TPSA) is 56.5 Å². The highest BCUT2D eigenvalue weighted by Gasteiger charge is 2.20. The second-order valence-electron chi connectivity index (χ2n) is 5.13. The van der Waals surface area contributed by atoms with Gasteiger partial charge in [-0.25, -0.2) is 0 Å². The average molecular weight is 264 g/mol. The van der Waals surface area contributed by atoms with Gasteiger partial charge in [-0.2, -0.15) is 0 Å². The normalized spacial score (nSPS) is 17.4. The molecule has 1 aromatic rings. The fraction of sp³-hybridized carbons (Fsp3) is 0.600. The van der Waals surface area contributed by atoms with E-state index in [2.05, 4.69) is 30.5 Å². The first kappa shape index (κ1) is 14.3. The Kier molecular flexibility index (Phi) is 5.19. The van der Waals surface area contributed by atoms with Gasteiger partial charge in [0.2, 0.25) is 0 Å². The molecule has 19 heavy (non-hydrogen) atoms. The molecule has 0 aliphatic carbocycles. The predicted octanol–water partition coefficient (Wildman–Crippen LogP) is 2.33. The van der Waals surface area contributed by atoms with Crippen LogP contribution >= 0.6 is 0 Å². The molecule has 4 heteroatoms. The van der Waals surface area contributed by atoms with E-state index < -0.39 is 0 Å². The van der Waals surface area contributed by atoms with Gasteiger partial charge in [0.1, 0.15) is 5.75 Å². The lowest BCUT2D eigenvalue weighted by atomic mass is 9.95. The Labute approximate surface area is 115 Å². The van der Waals surface area contributed by atoms with Crippen molar-refractivity contribution in [2.75, 3.05) is 13.7 Å². The number of hydrazine groups is 1. The van der Waals surface area contributed by atoms with Crippen LogP contribution in [0.2, 0.25) is 0 Å². The molecule has 0 radical (unpaired) electrons. The van der Waals surface area contributed by atoms with E-state index in [-0.39, 0.29) is 12.1 Å². The van der Waals surface area contributed by atoms with Gasteiger partial charge in [-0.05, 0) is 38.2 Å². The van der Waals surface area contributed by atoms with E-state index in [4.69, 9.17) is 15.3 Å². The quantitative estimate of drug-likeness (QED) is 0.611. The molecule has 0 saturated heterocycles. The molecule has 2 rings (SSSR count). The lowest BCUT2D eigenvalue weighted by Gasteiger charge is -2.25. The third-order valence-corrected chi connectivity index (χ3v) is 3.80. The Balaban J connectivity index is 2.14. The maximum Gasteiger partial charge on any atom is 0.127 e. The minimum Gasteiger partial charge on any atom is -0.493 e. The SMILES string of the molecule is COC(C)CCC(NN)c1cccc2c1OCCC2. The molecule has 2 atom stereocenters. The second kappa shape index (κ2) is 6.89. The third kappa shape index (κ3) is 3.47. The second-order valence-corrected chi connectivity index (χ2v) is 5.13. The highest BCUT2D eigenvalue weighted by atomic mass is 16.5. The standard InChI is InChI=1S/C15H24N2O2/c1-11(18-2)8-9-14(17-16)13-7-3-5-12-6-4-10-19-15(12)13/h3,5,7,11,14,17H,4,6,8-10,16H2,1-2H3. The van der Waals surface area contributed by atoms with Crippen LogP contribution in [0.4, 0.5) is 0 Å². The molecule has 0 saturated carbocycles. The fourth-order valence-electron chi connectivity index (χ4n) is 2.54. The van der Waals surface area contributed by atoms with Crippen molar-refractivity contribution in [2.24, 2.45) is 5.84 Å². The summed E-state index contributed by atoms with van der Waals surface area (Å²) in [6.07, 6.45) is 4.34. The van der Waals surface area contributed by atoms with Crippen molar-refractivity contribution in [3.8, 4) is 5.75 Å². The van der Waals surface area contributed by atoms with E-state index in [9.17, 15) is 0 Å². The van der Waals surface area contributed by atoms with Crippen molar-refractivity contribution in [1.82, 2.24) is 5.43 Å². The van der Waals surface area contributed by atoms with Gasteiger partial charge in [0.05, 0.1) is 12.7 Å². The minimum atomic E-state index is 0.116. The number of methoxy groups -OCH3 is 1. The van der Waals surface area contributed by atoms with Crippen LogP contribution in [0.15, 0.2) is 18.2 Å². The summed E-state index contributed by atoms with van der Waals surface area (Å²) in [6, 6.07) is 6.45. The van der Waals surface area contributed by atoms with E-state index in [0.29, 0.717) is 0 Å². The van der Waals surface area contributed by atoms with Gasteiger partial charge in [0, 0.05) is 18.7 Å². The van der Waals surface area contributed by atoms with E-state index >= 15 is 0 Å². The smallest absolute Gasteiger partial charge is 0.127 e. The van der Waals surface area contributed by atoms with Gasteiger partial charge in [-0.1, -0.05) is 18.2 Å². The van der Waals surface area contributed by atoms with Crippen LogP contribution in [-0.2, 0) is 11.2 Å². The Morgan fingerprint density at radius 1 is 1.42 bits per heavy atom. The molecule has 0 fully saturated rings. The van der Waals surface area contributed by atoms with Gasteiger partial charge in [-0.15, -0.1) is 0 Å². The van der Waals surface area contributed by atoms with Gasteiger partial charge in [0.25, 0.3) is 0 Å². The van der Waals surface area contributed by atoms with Gasteiger partial charge >= 0.3 is 0 Å². The highest BCUT2D eigenvalue weighted by molar-refractivity contribution is 5.44. The molecule has 2 unspecified atom stereocenters. The molecule has 1 aromatic carbocycles. The van der Waals surface area contributed by atoms with Crippen molar-refractivity contribution in [1.29, 1.82) is 0 Å². The maximum atomic E-state index is 5.84. The summed E-state index contributed by atoms with van der Waals surface area (Å²) in [7, 11) is 1.74. The van der Waals surface area contributed by atoms with Crippen molar-refractivity contribution in [3.63, 3.8) is 0 Å². The Bertz CT molecular complexity index is 409. The van der Waals surface area contributed by atoms with Crippen molar-refractivity contribution < 1.29 is 9.47 Å². The molecule has 0 aromatic heterocycles. The van der Waals surface area contributed by atoms with E-state index in [1.165, 1.54) is 11.1 Å². The zero-order chi connectivity index (χ0) is 13.7. The summed E-state index contributed by atoms with van der Waals surface area (Å²) in [5.74, 6) is 6.75. The van der Waals surface area contributed by atoms with Crippen LogP contribution in [0.1, 0.15) is 43.4 Å². The Hall–Kier alpha value is -1.10. The summed E-state index contributed by atoms with van der Waals surface area (Å²) in [5.41, 5.74) is 5.38. The fourth-order valence-corrected chi connectivity index (χ4v) is 2.54. The van der Waals surface area contributed by atoms with Gasteiger partial charge in [0.15, 0.2) is 0 Å². The summed E-state index contributed by atoms with van der Waals surface area (Å²) >= 11 is 0. The Morgan fingerprint density at radius 3 is 3.00 bits per heavy atom. The first-order valence-electron chi connectivity index (χ1n) is 6.99. The number of aryl methyl sites for hydroxylation is 1. The zero-order valence-corrected chi connectivity index (χ0v) is 11.8. The molecule has 0 amide bonds. The summed E-state index contributed by atoms with van der Waals surface area (Å²) in [4.78, 5) is 0. The lowest BCUT2D eigenvalue weighted by molar-refractivity contribution is 0.106. The molecular formula is C15H24N2O2. The molecule has 0 spiro atoms. The van der Waals surface area contributed by atoms with Crippen LogP contribution in [0.25, 0.3) is 0 Å². The van der Waals surface area contributed by atoms with Crippen LogP contribution in [-0.4, -0.2) is 19.8 Å². The molecule has 106 valence electrons. The lowest BCUT2D eigenvalue weighted by Crippen LogP contribution is -2.29. The van der Waals surface area contributed by atoms with Crippen molar-refractivity contribution in [3.05, 3.63) is 29.3 Å². The van der Waals surface area contributed by atoms with Crippen molar-refractivity contribution in [2.45, 2.75) is 44.8 Å². The molecule has 1 heterocycles. The number of para-hydroxylation sites is 1. The number of nitrogens with one attached hydrogen (secondary N) is 1. The molecule has 1 aliphatic rings. The number of hydrogen-bond acceptors (Lipinski definition) is 4. The first-order chi connectivity index (χ1) is 9.26. The van der Waals surface area contributed by atoms with Gasteiger partial charge < -0.3 is 9.47 Å². The van der Waals surface area contributed by atoms with Crippen LogP contribution in [0.5, 0.6) is 5.75 Å². The number of ether oxygens (including phenoxy) is 2. The highest BCUT2D eigenvalue weighted by Crippen LogP contribution is 2.34. The number of benzene rings is 1. The van der Waals surface area contributed by atoms with Crippen LogP contribution < -0.4 is 16.0 Å². The number of rotatable bonds is 6. The van der Waals surface area contributed by atoms with Gasteiger partial charge in [-0.3, -0.25) is 11.3 Å². The zero-order valence-electron chi connectivity index (χ0n) is 11.8. The van der Waals surface area contributed by atoms with E-state index in [1.807, 2.05) is 0 Å². The average Bonchev–Trinajstić information content (AvgIpc) is 2.47. The van der Waals surface area contributed by atoms with Crippen molar-refractivity contribution >= 4 is 0 Å². The largest absolute Gasteiger partial charge is 0.493 e. The third-order valence-electron chi connectivity index (χ3n) is 3.80. The predicted molar refractivity (Wildman–Crippen MR) is 76.0 cm³/mol. The number of fused-ring (bicyclic) bond motifs is 1. The van der Waals surface area contributed by atoms with Crippen LogP contribution in [0.3, 0.4) is 0 Å². The number of hydrogen-bond donors (Lipinski definition) is 2. The van der Waals surface area contributed by atoms with E-state index in [1.54, 1.807) is 7.11 Å². The molecular weight excluding hydrogens is 240 g/mol. The number of nitrogens with two attached hydrogens (primary N) is 1. The molecule has 1 aliphatic heterocycles. The molecule has 0 bridgehead atoms. The summed E-state index contributed by atoms with van der Waals surface area (Å²) in [6.45, 7) is 2.88. The Morgan fingerprint density at radius 2 is 2.26 bits per heavy atom. The molecule has 4 nitrogen and oxygen atoms in total. The van der Waals surface area contributed by atoms with Crippen LogP contribution in [0, 0.1) is 0 Å². The monoisotopic (exact) mass is 264 g/mol. The minimum absolute atomic E-state index is 0.116. The van der Waals surface area contributed by atoms with E-state index in [0.717, 1.165) is 38.0 Å². The first-order valence-corrected chi connectivity index (χ1v) is 6.99. The summed E-state index contributed by atoms with van der Waals surface area (Å²) < 4.78 is 11.1. The maximum absolute atomic E-state index is 5.84. The molecule has 3 N–H and O–H groups in total. The summed E-state index contributed by atoms with van der Waals surface area (Å²) in [5, 5.41) is 0.